The molecule has 0 aromatic heterocycles. The van der Waals surface area contributed by atoms with Gasteiger partial charge in [-0.3, -0.25) is 0 Å². The molecule has 2 nitrogen and oxygen atoms in total. The maximum Gasteiger partial charge on any atom is 0.184 e. The van der Waals surface area contributed by atoms with Crippen LogP contribution in [0.5, 0.6) is 11.5 Å². The monoisotopic (exact) mass is 357 g/mol. The Kier molecular flexibility index (Phi) is 5.02. The third-order valence-corrected chi connectivity index (χ3v) is 3.94. The van der Waals surface area contributed by atoms with Gasteiger partial charge in [-0.25, -0.2) is 4.39 Å². The van der Waals surface area contributed by atoms with E-state index in [1.54, 1.807) is 12.1 Å². The van der Waals surface area contributed by atoms with Gasteiger partial charge in [-0.15, -0.1) is 0 Å². The molecular formula is C15H14BrClFNO. The molecule has 0 bridgehead atoms. The number of benzene rings is 2. The first-order valence-electron chi connectivity index (χ1n) is 6.11. The predicted molar refractivity (Wildman–Crippen MR) is 83.1 cm³/mol. The van der Waals surface area contributed by atoms with Crippen molar-refractivity contribution in [3.8, 4) is 11.5 Å². The van der Waals surface area contributed by atoms with Crippen molar-refractivity contribution >= 4 is 27.5 Å². The van der Waals surface area contributed by atoms with Gasteiger partial charge in [0.05, 0.1) is 9.50 Å². The second kappa shape index (κ2) is 6.57. The van der Waals surface area contributed by atoms with Crippen LogP contribution in [0.3, 0.4) is 0 Å². The van der Waals surface area contributed by atoms with Crippen molar-refractivity contribution in [3.63, 3.8) is 0 Å². The summed E-state index contributed by atoms with van der Waals surface area (Å²) in [5.41, 5.74) is 1.11. The van der Waals surface area contributed by atoms with Crippen LogP contribution in [0.2, 0.25) is 5.02 Å². The molecule has 5 heteroatoms. The van der Waals surface area contributed by atoms with Crippen molar-refractivity contribution < 1.29 is 9.13 Å². The number of rotatable bonds is 4. The number of nitrogens with one attached hydrogen (secondary N) is 1. The Morgan fingerprint density at radius 3 is 2.65 bits per heavy atom. The van der Waals surface area contributed by atoms with Crippen LogP contribution in [0.1, 0.15) is 18.5 Å². The van der Waals surface area contributed by atoms with Crippen LogP contribution in [0.25, 0.3) is 0 Å². The van der Waals surface area contributed by atoms with Gasteiger partial charge >= 0.3 is 0 Å². The van der Waals surface area contributed by atoms with Gasteiger partial charge in [0.15, 0.2) is 11.6 Å². The number of ether oxygens (including phenoxy) is 1. The van der Waals surface area contributed by atoms with E-state index in [0.717, 1.165) is 10.0 Å². The van der Waals surface area contributed by atoms with E-state index >= 15 is 0 Å². The van der Waals surface area contributed by atoms with Crippen molar-refractivity contribution in [2.24, 2.45) is 0 Å². The first kappa shape index (κ1) is 15.3. The summed E-state index contributed by atoms with van der Waals surface area (Å²) in [4.78, 5) is 0. The van der Waals surface area contributed by atoms with Gasteiger partial charge in [-0.1, -0.05) is 23.7 Å². The van der Waals surface area contributed by atoms with E-state index < -0.39 is 5.82 Å². The molecule has 0 saturated heterocycles. The fraction of sp³-hybridized carbons (Fsp3) is 0.200. The summed E-state index contributed by atoms with van der Waals surface area (Å²) in [6.45, 7) is 2.05. The first-order valence-corrected chi connectivity index (χ1v) is 7.28. The zero-order valence-corrected chi connectivity index (χ0v) is 13.4. The van der Waals surface area contributed by atoms with Crippen molar-refractivity contribution in [1.29, 1.82) is 0 Å². The average Bonchev–Trinajstić information content (AvgIpc) is 2.45. The Labute approximate surface area is 131 Å². The molecule has 0 aliphatic heterocycles. The quantitative estimate of drug-likeness (QED) is 0.799. The van der Waals surface area contributed by atoms with Crippen molar-refractivity contribution in [3.05, 3.63) is 57.3 Å². The largest absolute Gasteiger partial charge is 0.453 e. The molecule has 0 amide bonds. The molecule has 1 unspecified atom stereocenters. The second-order valence-corrected chi connectivity index (χ2v) is 5.62. The minimum Gasteiger partial charge on any atom is -0.453 e. The summed E-state index contributed by atoms with van der Waals surface area (Å²) in [7, 11) is 1.89. The lowest BCUT2D eigenvalue weighted by atomic mass is 10.1. The molecule has 106 valence electrons. The van der Waals surface area contributed by atoms with Gasteiger partial charge in [0.1, 0.15) is 5.75 Å². The predicted octanol–water partition coefficient (Wildman–Crippen LogP) is 5.31. The first-order chi connectivity index (χ1) is 9.52. The van der Waals surface area contributed by atoms with E-state index in [1.165, 1.54) is 12.1 Å². The van der Waals surface area contributed by atoms with E-state index in [0.29, 0.717) is 5.75 Å². The van der Waals surface area contributed by atoms with Crippen LogP contribution in [-0.2, 0) is 0 Å². The molecule has 0 aliphatic carbocycles. The highest BCUT2D eigenvalue weighted by atomic mass is 79.9. The molecule has 2 aromatic carbocycles. The SMILES string of the molecule is CNC(C)c1ccc(Oc2cccc(Cl)c2F)c(Br)c1. The lowest BCUT2D eigenvalue weighted by molar-refractivity contribution is 0.440. The van der Waals surface area contributed by atoms with Crippen LogP contribution in [0.15, 0.2) is 40.9 Å². The third-order valence-electron chi connectivity index (χ3n) is 3.03. The Morgan fingerprint density at radius 2 is 2.00 bits per heavy atom. The van der Waals surface area contributed by atoms with Crippen LogP contribution in [-0.4, -0.2) is 7.05 Å². The standard InChI is InChI=1S/C15H14BrClFNO/c1-9(19-2)10-6-7-13(11(16)8-10)20-14-5-3-4-12(17)15(14)18/h3-9,19H,1-2H3. The Balaban J connectivity index is 2.28. The summed E-state index contributed by atoms with van der Waals surface area (Å²) >= 11 is 9.17. The average molecular weight is 359 g/mol. The number of halogens is 3. The van der Waals surface area contributed by atoms with Crippen LogP contribution in [0, 0.1) is 5.82 Å². The van der Waals surface area contributed by atoms with Crippen molar-refractivity contribution in [2.45, 2.75) is 13.0 Å². The molecule has 0 heterocycles. The molecule has 20 heavy (non-hydrogen) atoms. The fourth-order valence-corrected chi connectivity index (χ4v) is 2.36. The Hall–Kier alpha value is -1.10. The van der Waals surface area contributed by atoms with Gasteiger partial charge < -0.3 is 10.1 Å². The minimum atomic E-state index is -0.561. The maximum absolute atomic E-state index is 13.8. The molecule has 0 radical (unpaired) electrons. The number of hydrogen-bond acceptors (Lipinski definition) is 2. The summed E-state index contributed by atoms with van der Waals surface area (Å²) < 4.78 is 20.1. The molecule has 1 N–H and O–H groups in total. The van der Waals surface area contributed by atoms with E-state index in [4.69, 9.17) is 16.3 Å². The molecule has 0 spiro atoms. The van der Waals surface area contributed by atoms with Gasteiger partial charge in [-0.05, 0) is 59.7 Å². The molecule has 0 saturated carbocycles. The van der Waals surface area contributed by atoms with Crippen LogP contribution in [0.4, 0.5) is 4.39 Å². The fourth-order valence-electron chi connectivity index (χ4n) is 1.72. The third kappa shape index (κ3) is 3.32. The molecule has 2 rings (SSSR count). The molecule has 2 aromatic rings. The van der Waals surface area contributed by atoms with E-state index in [1.807, 2.05) is 19.2 Å². The molecular weight excluding hydrogens is 345 g/mol. The van der Waals surface area contributed by atoms with Gasteiger partial charge in [0.2, 0.25) is 0 Å². The highest BCUT2D eigenvalue weighted by Crippen LogP contribution is 2.34. The normalized spacial score (nSPS) is 12.2. The van der Waals surface area contributed by atoms with Crippen LogP contribution < -0.4 is 10.1 Å². The van der Waals surface area contributed by atoms with Gasteiger partial charge in [-0.2, -0.15) is 0 Å². The highest BCUT2D eigenvalue weighted by Gasteiger charge is 2.12. The Bertz CT molecular complexity index is 621. The molecule has 0 aliphatic rings. The summed E-state index contributed by atoms with van der Waals surface area (Å²) in [6, 6.07) is 10.6. The van der Waals surface area contributed by atoms with E-state index in [9.17, 15) is 4.39 Å². The summed E-state index contributed by atoms with van der Waals surface area (Å²) in [5, 5.41) is 3.20. The van der Waals surface area contributed by atoms with Gasteiger partial charge in [0, 0.05) is 6.04 Å². The maximum atomic E-state index is 13.8. The van der Waals surface area contributed by atoms with E-state index in [2.05, 4.69) is 28.2 Å². The van der Waals surface area contributed by atoms with E-state index in [-0.39, 0.29) is 16.8 Å². The highest BCUT2D eigenvalue weighted by molar-refractivity contribution is 9.10. The lowest BCUT2D eigenvalue weighted by Crippen LogP contribution is -2.12. The smallest absolute Gasteiger partial charge is 0.184 e. The number of hydrogen-bond donors (Lipinski definition) is 1. The zero-order valence-electron chi connectivity index (χ0n) is 11.1. The lowest BCUT2D eigenvalue weighted by Gasteiger charge is -2.14. The minimum absolute atomic E-state index is 0.0408. The second-order valence-electron chi connectivity index (χ2n) is 4.35. The van der Waals surface area contributed by atoms with Crippen molar-refractivity contribution in [2.75, 3.05) is 7.05 Å². The summed E-state index contributed by atoms with van der Waals surface area (Å²) in [6.07, 6.45) is 0. The zero-order chi connectivity index (χ0) is 14.7. The Morgan fingerprint density at radius 1 is 1.25 bits per heavy atom. The summed E-state index contributed by atoms with van der Waals surface area (Å²) in [5.74, 6) is 0.0829. The van der Waals surface area contributed by atoms with Crippen molar-refractivity contribution in [1.82, 2.24) is 5.32 Å². The van der Waals surface area contributed by atoms with Crippen LogP contribution >= 0.6 is 27.5 Å². The van der Waals surface area contributed by atoms with Gasteiger partial charge in [0.25, 0.3) is 0 Å². The molecule has 1 atom stereocenters. The molecule has 0 fully saturated rings. The topological polar surface area (TPSA) is 21.3 Å².